The third-order valence-electron chi connectivity index (χ3n) is 2.28. The van der Waals surface area contributed by atoms with Crippen LogP contribution >= 0.6 is 54.8 Å². The molecule has 0 spiro atoms. The SMILES string of the molecule is Fc1cccc(CC(Cl)c2cc(Br)c(Br)s2)c1. The molecular formula is C12H8Br2ClFS. The van der Waals surface area contributed by atoms with E-state index in [2.05, 4.69) is 31.9 Å². The Bertz CT molecular complexity index is 507. The smallest absolute Gasteiger partial charge is 0.123 e. The van der Waals surface area contributed by atoms with Gasteiger partial charge < -0.3 is 0 Å². The van der Waals surface area contributed by atoms with Crippen LogP contribution in [0.1, 0.15) is 15.8 Å². The molecule has 0 saturated carbocycles. The Hall–Kier alpha value is 0.1000. The van der Waals surface area contributed by atoms with E-state index < -0.39 is 0 Å². The molecule has 0 aliphatic rings. The van der Waals surface area contributed by atoms with Crippen LogP contribution in [-0.2, 0) is 6.42 Å². The normalized spacial score (nSPS) is 12.7. The molecule has 2 aromatic rings. The highest BCUT2D eigenvalue weighted by molar-refractivity contribution is 9.13. The van der Waals surface area contributed by atoms with Crippen LogP contribution in [0, 0.1) is 5.82 Å². The van der Waals surface area contributed by atoms with Crippen LogP contribution in [-0.4, -0.2) is 0 Å². The van der Waals surface area contributed by atoms with Gasteiger partial charge in [0.05, 0.1) is 9.16 Å². The van der Waals surface area contributed by atoms with E-state index in [0.717, 1.165) is 18.7 Å². The molecule has 0 nitrogen and oxygen atoms in total. The van der Waals surface area contributed by atoms with Crippen molar-refractivity contribution in [3.63, 3.8) is 0 Å². The molecule has 0 fully saturated rings. The predicted molar refractivity (Wildman–Crippen MR) is 78.4 cm³/mol. The van der Waals surface area contributed by atoms with Gasteiger partial charge >= 0.3 is 0 Å². The number of hydrogen-bond donors (Lipinski definition) is 0. The lowest BCUT2D eigenvalue weighted by Crippen LogP contribution is -1.93. The standard InChI is InChI=1S/C12H8Br2ClFS/c13-9-6-11(17-12(9)14)10(15)5-7-2-1-3-8(16)4-7/h1-4,6,10H,5H2. The monoisotopic (exact) mass is 396 g/mol. The molecule has 1 aromatic heterocycles. The third kappa shape index (κ3) is 3.53. The van der Waals surface area contributed by atoms with Gasteiger partial charge in [0.25, 0.3) is 0 Å². The van der Waals surface area contributed by atoms with Gasteiger partial charge in [-0.25, -0.2) is 4.39 Å². The molecular weight excluding hydrogens is 390 g/mol. The summed E-state index contributed by atoms with van der Waals surface area (Å²) in [6.45, 7) is 0. The second-order valence-electron chi connectivity index (χ2n) is 3.57. The van der Waals surface area contributed by atoms with Crippen LogP contribution in [0.25, 0.3) is 0 Å². The molecule has 0 aliphatic heterocycles. The van der Waals surface area contributed by atoms with Gasteiger partial charge in [0.2, 0.25) is 0 Å². The minimum absolute atomic E-state index is 0.135. The third-order valence-corrected chi connectivity index (χ3v) is 6.17. The molecule has 1 aromatic carbocycles. The van der Waals surface area contributed by atoms with Crippen LogP contribution in [0.15, 0.2) is 38.6 Å². The van der Waals surface area contributed by atoms with E-state index >= 15 is 0 Å². The topological polar surface area (TPSA) is 0 Å². The molecule has 90 valence electrons. The highest BCUT2D eigenvalue weighted by Gasteiger charge is 2.14. The Morgan fingerprint density at radius 1 is 1.29 bits per heavy atom. The van der Waals surface area contributed by atoms with E-state index in [1.54, 1.807) is 17.4 Å². The van der Waals surface area contributed by atoms with Gasteiger partial charge in [-0.3, -0.25) is 0 Å². The van der Waals surface area contributed by atoms with E-state index in [1.165, 1.54) is 12.1 Å². The second-order valence-corrected chi connectivity index (χ2v) is 7.35. The predicted octanol–water partition coefficient (Wildman–Crippen LogP) is 5.93. The van der Waals surface area contributed by atoms with Crippen molar-refractivity contribution in [3.05, 3.63) is 54.8 Å². The number of hydrogen-bond acceptors (Lipinski definition) is 1. The van der Waals surface area contributed by atoms with E-state index in [9.17, 15) is 4.39 Å². The molecule has 1 atom stereocenters. The molecule has 1 unspecified atom stereocenters. The number of alkyl halides is 1. The van der Waals surface area contributed by atoms with Crippen molar-refractivity contribution >= 4 is 54.8 Å². The van der Waals surface area contributed by atoms with Gasteiger partial charge in [0.1, 0.15) is 5.82 Å². The zero-order valence-electron chi connectivity index (χ0n) is 8.59. The van der Waals surface area contributed by atoms with Gasteiger partial charge in [-0.15, -0.1) is 22.9 Å². The van der Waals surface area contributed by atoms with Crippen LogP contribution in [0.4, 0.5) is 4.39 Å². The zero-order valence-corrected chi connectivity index (χ0v) is 13.3. The van der Waals surface area contributed by atoms with Crippen molar-refractivity contribution in [2.75, 3.05) is 0 Å². The van der Waals surface area contributed by atoms with Crippen molar-refractivity contribution in [1.82, 2.24) is 0 Å². The first kappa shape index (κ1) is 13.5. The van der Waals surface area contributed by atoms with E-state index in [-0.39, 0.29) is 11.2 Å². The molecule has 0 aliphatic carbocycles. The van der Waals surface area contributed by atoms with Gasteiger partial charge in [0, 0.05) is 9.35 Å². The van der Waals surface area contributed by atoms with Gasteiger partial charge in [-0.05, 0) is 62.0 Å². The summed E-state index contributed by atoms with van der Waals surface area (Å²) in [6, 6.07) is 8.54. The fourth-order valence-electron chi connectivity index (χ4n) is 1.49. The van der Waals surface area contributed by atoms with E-state index in [1.807, 2.05) is 12.1 Å². The highest BCUT2D eigenvalue weighted by atomic mass is 79.9. The lowest BCUT2D eigenvalue weighted by molar-refractivity contribution is 0.625. The second kappa shape index (κ2) is 5.83. The summed E-state index contributed by atoms with van der Waals surface area (Å²) in [7, 11) is 0. The van der Waals surface area contributed by atoms with Crippen LogP contribution in [0.2, 0.25) is 0 Å². The maximum absolute atomic E-state index is 13.0. The Balaban J connectivity index is 2.14. The van der Waals surface area contributed by atoms with Crippen molar-refractivity contribution < 1.29 is 4.39 Å². The van der Waals surface area contributed by atoms with Crippen molar-refractivity contribution in [3.8, 4) is 0 Å². The van der Waals surface area contributed by atoms with Crippen molar-refractivity contribution in [2.24, 2.45) is 0 Å². The minimum atomic E-state index is -0.222. The molecule has 2 rings (SSSR count). The lowest BCUT2D eigenvalue weighted by Gasteiger charge is -2.07. The van der Waals surface area contributed by atoms with E-state index in [4.69, 9.17) is 11.6 Å². The summed E-state index contributed by atoms with van der Waals surface area (Å²) in [5.41, 5.74) is 0.908. The zero-order chi connectivity index (χ0) is 12.4. The minimum Gasteiger partial charge on any atom is -0.207 e. The summed E-state index contributed by atoms with van der Waals surface area (Å²) in [4.78, 5) is 1.06. The first-order valence-electron chi connectivity index (χ1n) is 4.89. The maximum Gasteiger partial charge on any atom is 0.123 e. The highest BCUT2D eigenvalue weighted by Crippen LogP contribution is 2.38. The Morgan fingerprint density at radius 3 is 2.65 bits per heavy atom. The van der Waals surface area contributed by atoms with Crippen molar-refractivity contribution in [2.45, 2.75) is 11.8 Å². The number of benzene rings is 1. The molecule has 0 radical (unpaired) electrons. The fraction of sp³-hybridized carbons (Fsp3) is 0.167. The summed E-state index contributed by atoms with van der Waals surface area (Å²) in [5, 5.41) is -0.135. The molecule has 0 bridgehead atoms. The summed E-state index contributed by atoms with van der Waals surface area (Å²) in [6.07, 6.45) is 0.624. The van der Waals surface area contributed by atoms with Crippen molar-refractivity contribution in [1.29, 1.82) is 0 Å². The number of halogens is 4. The van der Waals surface area contributed by atoms with Gasteiger partial charge in [-0.2, -0.15) is 0 Å². The van der Waals surface area contributed by atoms with Crippen LogP contribution in [0.5, 0.6) is 0 Å². The average Bonchev–Trinajstić information content (AvgIpc) is 2.59. The van der Waals surface area contributed by atoms with Crippen LogP contribution < -0.4 is 0 Å². The molecule has 1 heterocycles. The number of rotatable bonds is 3. The number of thiophene rings is 1. The Kier molecular flexibility index (Phi) is 4.64. The molecule has 5 heteroatoms. The van der Waals surface area contributed by atoms with Gasteiger partial charge in [-0.1, -0.05) is 12.1 Å². The first-order valence-corrected chi connectivity index (χ1v) is 7.73. The van der Waals surface area contributed by atoms with Gasteiger partial charge in [0.15, 0.2) is 0 Å². The maximum atomic E-state index is 13.0. The van der Waals surface area contributed by atoms with Crippen LogP contribution in [0.3, 0.4) is 0 Å². The molecule has 17 heavy (non-hydrogen) atoms. The molecule has 0 amide bonds. The summed E-state index contributed by atoms with van der Waals surface area (Å²) >= 11 is 14.8. The quantitative estimate of drug-likeness (QED) is 0.562. The first-order chi connectivity index (χ1) is 8.06. The summed E-state index contributed by atoms with van der Waals surface area (Å²) < 4.78 is 15.1. The average molecular weight is 399 g/mol. The largest absolute Gasteiger partial charge is 0.207 e. The summed E-state index contributed by atoms with van der Waals surface area (Å²) in [5.74, 6) is -0.222. The lowest BCUT2D eigenvalue weighted by atomic mass is 10.1. The Labute approximate surface area is 125 Å². The van der Waals surface area contributed by atoms with E-state index in [0.29, 0.717) is 6.42 Å². The Morgan fingerprint density at radius 2 is 2.06 bits per heavy atom. The molecule has 0 N–H and O–H groups in total. The molecule has 0 saturated heterocycles. The fourth-order valence-corrected chi connectivity index (χ4v) is 3.93.